The molecule has 5 heteroatoms. The van der Waals surface area contributed by atoms with Crippen LogP contribution < -0.4 is 5.32 Å². The fourth-order valence-electron chi connectivity index (χ4n) is 0.616. The number of thiazole rings is 1. The number of aryl methyl sites for hydroxylation is 1. The van der Waals surface area contributed by atoms with Crippen molar-refractivity contribution in [3.8, 4) is 0 Å². The van der Waals surface area contributed by atoms with Crippen LogP contribution in [-0.2, 0) is 4.79 Å². The molecule has 12 heavy (non-hydrogen) atoms. The third-order valence-electron chi connectivity index (χ3n) is 1.21. The van der Waals surface area contributed by atoms with Crippen molar-refractivity contribution in [2.24, 2.45) is 0 Å². The Balaban J connectivity index is 2.58. The first-order valence-electron chi connectivity index (χ1n) is 3.46. The van der Waals surface area contributed by atoms with Gasteiger partial charge in [-0.05, 0) is 13.8 Å². The molecule has 0 bridgehead atoms. The lowest BCUT2D eigenvalue weighted by Crippen LogP contribution is -2.20. The molecule has 1 rings (SSSR count). The number of nitrogens with one attached hydrogen (secondary N) is 1. The molecule has 0 aliphatic rings. The van der Waals surface area contributed by atoms with Crippen LogP contribution in [-0.4, -0.2) is 16.3 Å². The Morgan fingerprint density at radius 3 is 2.92 bits per heavy atom. The lowest BCUT2D eigenvalue weighted by molar-refractivity contribution is -0.115. The summed E-state index contributed by atoms with van der Waals surface area (Å²) in [4.78, 5) is 15.1. The summed E-state index contributed by atoms with van der Waals surface area (Å²) in [5.41, 5.74) is 0.900. The van der Waals surface area contributed by atoms with Crippen molar-refractivity contribution in [1.29, 1.82) is 0 Å². The van der Waals surface area contributed by atoms with E-state index in [1.165, 1.54) is 11.3 Å². The predicted molar refractivity (Wildman–Crippen MR) is 50.8 cm³/mol. The monoisotopic (exact) mass is 204 g/mol. The van der Waals surface area contributed by atoms with Crippen molar-refractivity contribution in [2.45, 2.75) is 19.2 Å². The molecule has 3 nitrogen and oxygen atoms in total. The molecule has 0 saturated heterocycles. The highest BCUT2D eigenvalue weighted by Gasteiger charge is 2.10. The molecule has 1 N–H and O–H groups in total. The molecule has 1 heterocycles. The third kappa shape index (κ3) is 2.46. The van der Waals surface area contributed by atoms with Gasteiger partial charge in [0.2, 0.25) is 5.91 Å². The maximum atomic E-state index is 11.0. The van der Waals surface area contributed by atoms with Gasteiger partial charge in [-0.1, -0.05) is 0 Å². The number of aromatic nitrogens is 1. The van der Waals surface area contributed by atoms with Crippen LogP contribution in [0.25, 0.3) is 0 Å². The van der Waals surface area contributed by atoms with E-state index < -0.39 is 5.38 Å². The molecule has 0 unspecified atom stereocenters. The van der Waals surface area contributed by atoms with Crippen molar-refractivity contribution in [3.63, 3.8) is 0 Å². The van der Waals surface area contributed by atoms with Crippen molar-refractivity contribution >= 4 is 34.0 Å². The Bertz CT molecular complexity index is 285. The summed E-state index contributed by atoms with van der Waals surface area (Å²) in [5, 5.41) is 4.55. The summed E-state index contributed by atoms with van der Waals surface area (Å²) >= 11 is 6.94. The SMILES string of the molecule is Cc1csc(NC(=O)[C@H](C)Cl)n1. The van der Waals surface area contributed by atoms with Gasteiger partial charge < -0.3 is 5.32 Å². The van der Waals surface area contributed by atoms with E-state index in [2.05, 4.69) is 10.3 Å². The molecule has 0 saturated carbocycles. The second-order valence-electron chi connectivity index (χ2n) is 2.40. The van der Waals surface area contributed by atoms with Crippen LogP contribution in [0.15, 0.2) is 5.38 Å². The largest absolute Gasteiger partial charge is 0.301 e. The van der Waals surface area contributed by atoms with E-state index in [1.807, 2.05) is 12.3 Å². The lowest BCUT2D eigenvalue weighted by Gasteiger charge is -2.01. The highest BCUT2D eigenvalue weighted by atomic mass is 35.5. The first kappa shape index (κ1) is 9.48. The first-order chi connectivity index (χ1) is 5.59. The number of hydrogen-bond acceptors (Lipinski definition) is 3. The van der Waals surface area contributed by atoms with E-state index in [1.54, 1.807) is 6.92 Å². The predicted octanol–water partition coefficient (Wildman–Crippen LogP) is 2.02. The minimum absolute atomic E-state index is 0.217. The molecule has 0 aliphatic heterocycles. The van der Waals surface area contributed by atoms with E-state index in [4.69, 9.17) is 11.6 Å². The summed E-state index contributed by atoms with van der Waals surface area (Å²) < 4.78 is 0. The van der Waals surface area contributed by atoms with Gasteiger partial charge >= 0.3 is 0 Å². The topological polar surface area (TPSA) is 42.0 Å². The standard InChI is InChI=1S/C7H9ClN2OS/c1-4-3-12-7(9-4)10-6(11)5(2)8/h3,5H,1-2H3,(H,9,10,11)/t5-/m0/s1. The average molecular weight is 205 g/mol. The minimum atomic E-state index is -0.519. The fourth-order valence-corrected chi connectivity index (χ4v) is 1.36. The fraction of sp³-hybridized carbons (Fsp3) is 0.429. The quantitative estimate of drug-likeness (QED) is 0.749. The molecule has 0 spiro atoms. The lowest BCUT2D eigenvalue weighted by atomic mass is 10.4. The van der Waals surface area contributed by atoms with Gasteiger partial charge in [0.15, 0.2) is 5.13 Å². The normalized spacial score (nSPS) is 12.6. The number of anilines is 1. The number of halogens is 1. The molecular weight excluding hydrogens is 196 g/mol. The summed E-state index contributed by atoms with van der Waals surface area (Å²) in [7, 11) is 0. The molecule has 1 amide bonds. The van der Waals surface area contributed by atoms with Gasteiger partial charge in [0.1, 0.15) is 5.38 Å². The second-order valence-corrected chi connectivity index (χ2v) is 3.91. The Labute approximate surface area is 79.8 Å². The van der Waals surface area contributed by atoms with E-state index in [0.717, 1.165) is 5.69 Å². The Morgan fingerprint density at radius 2 is 2.50 bits per heavy atom. The maximum absolute atomic E-state index is 11.0. The second kappa shape index (κ2) is 3.87. The van der Waals surface area contributed by atoms with Crippen molar-refractivity contribution in [2.75, 3.05) is 5.32 Å². The van der Waals surface area contributed by atoms with Crippen LogP contribution in [0.5, 0.6) is 0 Å². The molecule has 1 aromatic rings. The van der Waals surface area contributed by atoms with Crippen LogP contribution in [0.4, 0.5) is 5.13 Å². The molecule has 1 atom stereocenters. The summed E-state index contributed by atoms with van der Waals surface area (Å²) in [6, 6.07) is 0. The molecule has 66 valence electrons. The number of amides is 1. The summed E-state index contributed by atoms with van der Waals surface area (Å²) in [6.07, 6.45) is 0. The Morgan fingerprint density at radius 1 is 1.83 bits per heavy atom. The van der Waals surface area contributed by atoms with Crippen LogP contribution in [0.1, 0.15) is 12.6 Å². The van der Waals surface area contributed by atoms with Gasteiger partial charge in [-0.3, -0.25) is 4.79 Å². The summed E-state index contributed by atoms with van der Waals surface area (Å²) in [5.74, 6) is -0.217. The number of alkyl halides is 1. The van der Waals surface area contributed by atoms with E-state index in [-0.39, 0.29) is 5.91 Å². The van der Waals surface area contributed by atoms with Crippen LogP contribution >= 0.6 is 22.9 Å². The third-order valence-corrected chi connectivity index (χ3v) is 2.28. The van der Waals surface area contributed by atoms with E-state index in [0.29, 0.717) is 5.13 Å². The van der Waals surface area contributed by atoms with Gasteiger partial charge in [0.25, 0.3) is 0 Å². The van der Waals surface area contributed by atoms with Gasteiger partial charge in [-0.25, -0.2) is 4.98 Å². The zero-order chi connectivity index (χ0) is 9.14. The first-order valence-corrected chi connectivity index (χ1v) is 4.78. The van der Waals surface area contributed by atoms with Gasteiger partial charge in [0.05, 0.1) is 5.69 Å². The minimum Gasteiger partial charge on any atom is -0.301 e. The zero-order valence-corrected chi connectivity index (χ0v) is 8.37. The van der Waals surface area contributed by atoms with Gasteiger partial charge in [-0.2, -0.15) is 0 Å². The zero-order valence-electron chi connectivity index (χ0n) is 6.80. The highest BCUT2D eigenvalue weighted by molar-refractivity contribution is 7.13. The Hall–Kier alpha value is -0.610. The molecule has 0 aromatic carbocycles. The number of carbonyl (C=O) groups is 1. The average Bonchev–Trinajstić information content (AvgIpc) is 2.35. The smallest absolute Gasteiger partial charge is 0.243 e. The van der Waals surface area contributed by atoms with E-state index >= 15 is 0 Å². The van der Waals surface area contributed by atoms with Crippen molar-refractivity contribution in [3.05, 3.63) is 11.1 Å². The molecule has 0 fully saturated rings. The molecule has 0 radical (unpaired) electrons. The number of carbonyl (C=O) groups excluding carboxylic acids is 1. The van der Waals surface area contributed by atoms with Crippen LogP contribution in [0.2, 0.25) is 0 Å². The van der Waals surface area contributed by atoms with Crippen LogP contribution in [0, 0.1) is 6.92 Å². The van der Waals surface area contributed by atoms with E-state index in [9.17, 15) is 4.79 Å². The maximum Gasteiger partial charge on any atom is 0.243 e. The van der Waals surface area contributed by atoms with Crippen LogP contribution in [0.3, 0.4) is 0 Å². The molecule has 1 aromatic heterocycles. The molecule has 0 aliphatic carbocycles. The number of hydrogen-bond donors (Lipinski definition) is 1. The Kier molecular flexibility index (Phi) is 3.05. The number of rotatable bonds is 2. The van der Waals surface area contributed by atoms with Gasteiger partial charge in [0, 0.05) is 5.38 Å². The summed E-state index contributed by atoms with van der Waals surface area (Å²) in [6.45, 7) is 3.49. The highest BCUT2D eigenvalue weighted by Crippen LogP contribution is 2.14. The van der Waals surface area contributed by atoms with Gasteiger partial charge in [-0.15, -0.1) is 22.9 Å². The molecular formula is C7H9ClN2OS. The van der Waals surface area contributed by atoms with Crippen molar-refractivity contribution in [1.82, 2.24) is 4.98 Å². The van der Waals surface area contributed by atoms with Crippen molar-refractivity contribution < 1.29 is 4.79 Å². The number of nitrogens with zero attached hydrogens (tertiary/aromatic N) is 1.